The Balaban J connectivity index is 1.41. The van der Waals surface area contributed by atoms with Crippen LogP contribution >= 0.6 is 0 Å². The van der Waals surface area contributed by atoms with Crippen LogP contribution in [0.15, 0.2) is 18.5 Å². The first-order valence-electron chi connectivity index (χ1n) is 9.28. The Kier molecular flexibility index (Phi) is 4.83. The highest BCUT2D eigenvalue weighted by atomic mass is 16.3. The molecule has 2 aromatic rings. The van der Waals surface area contributed by atoms with Gasteiger partial charge in [0.1, 0.15) is 5.69 Å². The van der Waals surface area contributed by atoms with E-state index in [4.69, 9.17) is 5.11 Å². The molecule has 1 fully saturated rings. The summed E-state index contributed by atoms with van der Waals surface area (Å²) in [6, 6.07) is 2.05. The first-order chi connectivity index (χ1) is 12.7. The number of nitrogens with one attached hydrogen (secondary N) is 1. The van der Waals surface area contributed by atoms with Crippen LogP contribution in [0.5, 0.6) is 0 Å². The van der Waals surface area contributed by atoms with E-state index in [-0.39, 0.29) is 18.7 Å². The summed E-state index contributed by atoms with van der Waals surface area (Å²) in [6.07, 6.45) is 9.82. The van der Waals surface area contributed by atoms with E-state index in [0.717, 1.165) is 43.6 Å². The molecule has 0 saturated carbocycles. The van der Waals surface area contributed by atoms with Crippen LogP contribution in [-0.2, 0) is 19.4 Å². The molecule has 2 aromatic heterocycles. The van der Waals surface area contributed by atoms with Gasteiger partial charge in [-0.25, -0.2) is 9.48 Å². The summed E-state index contributed by atoms with van der Waals surface area (Å²) >= 11 is 0. The average molecular weight is 356 g/mol. The number of carbonyl (C=O) groups is 1. The molecule has 8 heteroatoms. The van der Waals surface area contributed by atoms with Crippen LogP contribution < -0.4 is 5.32 Å². The Hall–Kier alpha value is -2.48. The number of urea groups is 1. The van der Waals surface area contributed by atoms with Crippen molar-refractivity contribution in [1.29, 1.82) is 0 Å². The van der Waals surface area contributed by atoms with E-state index in [0.29, 0.717) is 12.2 Å². The van der Waals surface area contributed by atoms with Gasteiger partial charge in [0.15, 0.2) is 0 Å². The van der Waals surface area contributed by atoms with E-state index >= 15 is 0 Å². The minimum absolute atomic E-state index is 0.0870. The Morgan fingerprint density at radius 1 is 1.31 bits per heavy atom. The van der Waals surface area contributed by atoms with E-state index in [1.165, 1.54) is 18.4 Å². The molecule has 0 spiro atoms. The van der Waals surface area contributed by atoms with Crippen LogP contribution in [0.2, 0.25) is 0 Å². The minimum atomic E-state index is -0.123. The molecule has 1 aliphatic heterocycles. The van der Waals surface area contributed by atoms with Gasteiger partial charge < -0.3 is 15.3 Å². The van der Waals surface area contributed by atoms with E-state index in [9.17, 15) is 4.79 Å². The number of hydrogen-bond donors (Lipinski definition) is 2. The predicted molar refractivity (Wildman–Crippen MR) is 95.7 cm³/mol. The van der Waals surface area contributed by atoms with Crippen LogP contribution in [0.4, 0.5) is 10.5 Å². The second kappa shape index (κ2) is 7.41. The number of aliphatic hydroxyl groups excluding tert-OH is 1. The zero-order chi connectivity index (χ0) is 17.9. The minimum Gasteiger partial charge on any atom is -0.390 e. The maximum atomic E-state index is 12.7. The number of carbonyl (C=O) groups excluding carboxylic acids is 1. The quantitative estimate of drug-likeness (QED) is 0.876. The molecule has 0 bridgehead atoms. The van der Waals surface area contributed by atoms with Crippen LogP contribution in [0.25, 0.3) is 0 Å². The summed E-state index contributed by atoms with van der Waals surface area (Å²) in [6.45, 7) is 1.18. The molecule has 4 rings (SSSR count). The molecule has 26 heavy (non-hydrogen) atoms. The summed E-state index contributed by atoms with van der Waals surface area (Å²) in [7, 11) is 0. The maximum Gasteiger partial charge on any atom is 0.321 e. The lowest BCUT2D eigenvalue weighted by molar-refractivity contribution is 0.174. The van der Waals surface area contributed by atoms with E-state index in [1.807, 2.05) is 4.90 Å². The van der Waals surface area contributed by atoms with Crippen molar-refractivity contribution in [2.45, 2.75) is 51.2 Å². The lowest BCUT2D eigenvalue weighted by Gasteiger charge is -2.32. The van der Waals surface area contributed by atoms with Crippen LogP contribution in [0, 0.1) is 0 Å². The highest BCUT2D eigenvalue weighted by molar-refractivity contribution is 5.89. The van der Waals surface area contributed by atoms with Crippen molar-refractivity contribution in [1.82, 2.24) is 24.9 Å². The van der Waals surface area contributed by atoms with E-state index < -0.39 is 0 Å². The third kappa shape index (κ3) is 3.55. The van der Waals surface area contributed by atoms with Crippen LogP contribution in [0.3, 0.4) is 0 Å². The second-order valence-electron chi connectivity index (χ2n) is 7.06. The molecule has 1 aliphatic carbocycles. The topological polar surface area (TPSA) is 96.2 Å². The number of rotatable bonds is 3. The number of aryl methyl sites for hydroxylation is 2. The molecule has 138 valence electrons. The fourth-order valence-electron chi connectivity index (χ4n) is 3.78. The largest absolute Gasteiger partial charge is 0.390 e. The van der Waals surface area contributed by atoms with Gasteiger partial charge in [-0.3, -0.25) is 4.98 Å². The summed E-state index contributed by atoms with van der Waals surface area (Å²) in [5.41, 5.74) is 3.73. The summed E-state index contributed by atoms with van der Waals surface area (Å²) in [5, 5.41) is 20.1. The molecule has 1 saturated heterocycles. The van der Waals surface area contributed by atoms with Gasteiger partial charge in [0.25, 0.3) is 0 Å². The van der Waals surface area contributed by atoms with Crippen molar-refractivity contribution < 1.29 is 9.90 Å². The number of anilines is 1. The molecule has 3 heterocycles. The molecule has 0 radical (unpaired) electrons. The highest BCUT2D eigenvalue weighted by Gasteiger charge is 2.26. The van der Waals surface area contributed by atoms with Crippen LogP contribution in [0.1, 0.15) is 48.7 Å². The number of aromatic nitrogens is 4. The number of hydrogen-bond acceptors (Lipinski definition) is 5. The third-order valence-electron chi connectivity index (χ3n) is 5.20. The smallest absolute Gasteiger partial charge is 0.321 e. The summed E-state index contributed by atoms with van der Waals surface area (Å²) < 4.78 is 1.76. The molecule has 0 unspecified atom stereocenters. The molecule has 2 aliphatic rings. The lowest BCUT2D eigenvalue weighted by atomic mass is 9.96. The fraction of sp³-hybridized carbons (Fsp3) is 0.556. The van der Waals surface area contributed by atoms with Gasteiger partial charge in [0, 0.05) is 18.8 Å². The van der Waals surface area contributed by atoms with Gasteiger partial charge in [-0.05, 0) is 50.2 Å². The first-order valence-corrected chi connectivity index (χ1v) is 9.28. The monoisotopic (exact) mass is 356 g/mol. The molecule has 1 atom stereocenters. The zero-order valence-electron chi connectivity index (χ0n) is 14.8. The highest BCUT2D eigenvalue weighted by Crippen LogP contribution is 2.24. The summed E-state index contributed by atoms with van der Waals surface area (Å²) in [5.74, 6) is 0. The maximum absolute atomic E-state index is 12.7. The van der Waals surface area contributed by atoms with Gasteiger partial charge in [-0.15, -0.1) is 5.10 Å². The lowest BCUT2D eigenvalue weighted by Crippen LogP contribution is -2.43. The SMILES string of the molecule is O=C(Nc1cnc2c(c1)CCCC2)N1CCC[C@H](n2cc(CO)nn2)C1. The van der Waals surface area contributed by atoms with Crippen molar-refractivity contribution in [2.24, 2.45) is 0 Å². The Morgan fingerprint density at radius 2 is 2.19 bits per heavy atom. The molecular formula is C18H24N6O2. The third-order valence-corrected chi connectivity index (χ3v) is 5.20. The molecule has 2 N–H and O–H groups in total. The molecule has 2 amide bonds. The van der Waals surface area contributed by atoms with Crippen molar-refractivity contribution in [3.63, 3.8) is 0 Å². The van der Waals surface area contributed by atoms with E-state index in [2.05, 4.69) is 26.7 Å². The normalized spacial score (nSPS) is 19.9. The second-order valence-corrected chi connectivity index (χ2v) is 7.06. The average Bonchev–Trinajstić information content (AvgIpc) is 3.17. The number of piperidine rings is 1. The predicted octanol–water partition coefficient (Wildman–Crippen LogP) is 1.91. The van der Waals surface area contributed by atoms with Gasteiger partial charge in [-0.1, -0.05) is 5.21 Å². The number of likely N-dealkylation sites (tertiary alicyclic amines) is 1. The van der Waals surface area contributed by atoms with Gasteiger partial charge >= 0.3 is 6.03 Å². The van der Waals surface area contributed by atoms with Crippen molar-refractivity contribution in [2.75, 3.05) is 18.4 Å². The number of amides is 2. The molecule has 0 aromatic carbocycles. The molecule has 8 nitrogen and oxygen atoms in total. The Morgan fingerprint density at radius 3 is 3.04 bits per heavy atom. The van der Waals surface area contributed by atoms with E-state index in [1.54, 1.807) is 17.1 Å². The number of pyridine rings is 1. The van der Waals surface area contributed by atoms with Gasteiger partial charge in [0.05, 0.1) is 30.7 Å². The van der Waals surface area contributed by atoms with Gasteiger partial charge in [0.2, 0.25) is 0 Å². The van der Waals surface area contributed by atoms with Crippen molar-refractivity contribution in [3.05, 3.63) is 35.4 Å². The first kappa shape index (κ1) is 17.0. The Labute approximate surface area is 152 Å². The van der Waals surface area contributed by atoms with Gasteiger partial charge in [-0.2, -0.15) is 0 Å². The number of fused-ring (bicyclic) bond motifs is 1. The number of aliphatic hydroxyl groups is 1. The zero-order valence-corrected chi connectivity index (χ0v) is 14.8. The van der Waals surface area contributed by atoms with Crippen LogP contribution in [-0.4, -0.2) is 49.1 Å². The number of nitrogens with zero attached hydrogens (tertiary/aromatic N) is 5. The summed E-state index contributed by atoms with van der Waals surface area (Å²) in [4.78, 5) is 19.0. The van der Waals surface area contributed by atoms with Crippen molar-refractivity contribution >= 4 is 11.7 Å². The fourth-order valence-corrected chi connectivity index (χ4v) is 3.78. The Bertz CT molecular complexity index is 790. The molecular weight excluding hydrogens is 332 g/mol. The van der Waals surface area contributed by atoms with Crippen molar-refractivity contribution in [3.8, 4) is 0 Å². The standard InChI is InChI=1S/C18H24N6O2/c25-12-15-10-24(22-21-15)16-5-3-7-23(11-16)18(26)20-14-8-13-4-1-2-6-17(13)19-9-14/h8-10,16,25H,1-7,11-12H2,(H,20,26)/t16-/m0/s1.